The minimum Gasteiger partial charge on any atom is -0.343 e. The van der Waals surface area contributed by atoms with Crippen LogP contribution in [-0.4, -0.2) is 23.9 Å². The lowest BCUT2D eigenvalue weighted by molar-refractivity contribution is -0.135. The van der Waals surface area contributed by atoms with Gasteiger partial charge >= 0.3 is 0 Å². The third-order valence-electron chi connectivity index (χ3n) is 3.19. The van der Waals surface area contributed by atoms with Crippen molar-refractivity contribution in [3.8, 4) is 0 Å². The fourth-order valence-electron chi connectivity index (χ4n) is 1.94. The molecule has 0 aromatic heterocycles. The number of hydrogen-bond acceptors (Lipinski definition) is 2. The van der Waals surface area contributed by atoms with E-state index in [4.69, 9.17) is 5.73 Å². The highest BCUT2D eigenvalue weighted by Crippen LogP contribution is 2.20. The Balaban J connectivity index is 0.00000289. The smallest absolute Gasteiger partial charge is 0.227 e. The van der Waals surface area contributed by atoms with Crippen molar-refractivity contribution in [1.29, 1.82) is 0 Å². The van der Waals surface area contributed by atoms with Gasteiger partial charge in [0.15, 0.2) is 0 Å². The third kappa shape index (κ3) is 4.00. The first-order valence-corrected chi connectivity index (χ1v) is 6.21. The lowest BCUT2D eigenvalue weighted by atomic mass is 9.94. The molecule has 2 N–H and O–H groups in total. The minimum atomic E-state index is -0.232. The van der Waals surface area contributed by atoms with E-state index < -0.39 is 0 Å². The molecule has 0 saturated carbocycles. The summed E-state index contributed by atoms with van der Waals surface area (Å²) in [6.45, 7) is 7.35. The van der Waals surface area contributed by atoms with Crippen LogP contribution in [0.1, 0.15) is 32.4 Å². The van der Waals surface area contributed by atoms with Crippen molar-refractivity contribution in [3.05, 3.63) is 35.9 Å². The van der Waals surface area contributed by atoms with Crippen molar-refractivity contribution in [3.63, 3.8) is 0 Å². The second-order valence-corrected chi connectivity index (χ2v) is 4.24. The summed E-state index contributed by atoms with van der Waals surface area (Å²) in [6.07, 6.45) is 0. The van der Waals surface area contributed by atoms with Gasteiger partial charge in [-0.25, -0.2) is 0 Å². The van der Waals surface area contributed by atoms with E-state index in [0.717, 1.165) is 18.7 Å². The first kappa shape index (κ1) is 16.9. The van der Waals surface area contributed by atoms with Crippen LogP contribution < -0.4 is 5.73 Å². The standard InChI is InChI=1S/C14H22N2O.ClH/c1-4-16(5-2)14(17)11(3)13(15)12-9-7-6-8-10-12;/h6-11,13H,4-5,15H2,1-3H3;1H. The van der Waals surface area contributed by atoms with Gasteiger partial charge < -0.3 is 10.6 Å². The summed E-state index contributed by atoms with van der Waals surface area (Å²) in [4.78, 5) is 14.0. The quantitative estimate of drug-likeness (QED) is 0.894. The van der Waals surface area contributed by atoms with Crippen molar-refractivity contribution < 1.29 is 4.79 Å². The second kappa shape index (κ2) is 8.11. The molecule has 3 nitrogen and oxygen atoms in total. The van der Waals surface area contributed by atoms with Gasteiger partial charge in [0.2, 0.25) is 5.91 Å². The zero-order valence-electron chi connectivity index (χ0n) is 11.3. The van der Waals surface area contributed by atoms with Crippen molar-refractivity contribution in [2.45, 2.75) is 26.8 Å². The molecule has 0 spiro atoms. The van der Waals surface area contributed by atoms with E-state index >= 15 is 0 Å². The Labute approximate surface area is 116 Å². The highest BCUT2D eigenvalue weighted by Gasteiger charge is 2.24. The van der Waals surface area contributed by atoms with Crippen LogP contribution in [0.3, 0.4) is 0 Å². The van der Waals surface area contributed by atoms with Gasteiger partial charge in [0.05, 0.1) is 5.92 Å². The fourth-order valence-corrected chi connectivity index (χ4v) is 1.94. The average molecular weight is 271 g/mol. The largest absolute Gasteiger partial charge is 0.343 e. The highest BCUT2D eigenvalue weighted by molar-refractivity contribution is 5.85. The van der Waals surface area contributed by atoms with Crippen LogP contribution in [-0.2, 0) is 4.79 Å². The zero-order valence-corrected chi connectivity index (χ0v) is 12.1. The number of rotatable bonds is 5. The number of nitrogens with two attached hydrogens (primary N) is 1. The van der Waals surface area contributed by atoms with Crippen LogP contribution >= 0.6 is 12.4 Å². The van der Waals surface area contributed by atoms with Crippen LogP contribution in [0.25, 0.3) is 0 Å². The zero-order chi connectivity index (χ0) is 12.8. The van der Waals surface area contributed by atoms with Gasteiger partial charge in [-0.3, -0.25) is 4.79 Å². The molecule has 0 aliphatic heterocycles. The topological polar surface area (TPSA) is 46.3 Å². The number of hydrogen-bond donors (Lipinski definition) is 1. The molecule has 0 aliphatic carbocycles. The second-order valence-electron chi connectivity index (χ2n) is 4.24. The van der Waals surface area contributed by atoms with Crippen molar-refractivity contribution in [2.24, 2.45) is 11.7 Å². The molecule has 0 heterocycles. The summed E-state index contributed by atoms with van der Waals surface area (Å²) in [5, 5.41) is 0. The summed E-state index contributed by atoms with van der Waals surface area (Å²) in [6, 6.07) is 9.55. The Hall–Kier alpha value is -1.06. The lowest BCUT2D eigenvalue weighted by Crippen LogP contribution is -2.39. The number of amides is 1. The summed E-state index contributed by atoms with van der Waals surface area (Å²) in [7, 11) is 0. The van der Waals surface area contributed by atoms with E-state index in [1.54, 1.807) is 0 Å². The molecule has 1 amide bonds. The summed E-state index contributed by atoms with van der Waals surface area (Å²) >= 11 is 0. The molecular weight excluding hydrogens is 248 g/mol. The molecule has 0 radical (unpaired) electrons. The maximum absolute atomic E-state index is 12.2. The monoisotopic (exact) mass is 270 g/mol. The molecule has 0 fully saturated rings. The molecule has 0 bridgehead atoms. The molecule has 0 aliphatic rings. The summed E-state index contributed by atoms with van der Waals surface area (Å²) in [5.41, 5.74) is 7.15. The van der Waals surface area contributed by atoms with E-state index in [9.17, 15) is 4.79 Å². The maximum atomic E-state index is 12.2. The number of benzene rings is 1. The van der Waals surface area contributed by atoms with Crippen molar-refractivity contribution in [1.82, 2.24) is 4.90 Å². The molecule has 2 unspecified atom stereocenters. The van der Waals surface area contributed by atoms with Crippen LogP contribution in [0, 0.1) is 5.92 Å². The average Bonchev–Trinajstić information content (AvgIpc) is 2.39. The predicted octanol–water partition coefficient (Wildman–Crippen LogP) is 2.61. The van der Waals surface area contributed by atoms with Gasteiger partial charge in [0.1, 0.15) is 0 Å². The summed E-state index contributed by atoms with van der Waals surface area (Å²) < 4.78 is 0. The van der Waals surface area contributed by atoms with E-state index in [1.165, 1.54) is 0 Å². The van der Waals surface area contributed by atoms with Crippen LogP contribution in [0.2, 0.25) is 0 Å². The molecule has 4 heteroatoms. The Bertz CT molecular complexity index is 352. The van der Waals surface area contributed by atoms with Crippen LogP contribution in [0.15, 0.2) is 30.3 Å². The normalized spacial score (nSPS) is 13.3. The van der Waals surface area contributed by atoms with Gasteiger partial charge in [0.25, 0.3) is 0 Å². The molecule has 1 aromatic carbocycles. The molecular formula is C14H23ClN2O. The van der Waals surface area contributed by atoms with Crippen LogP contribution in [0.5, 0.6) is 0 Å². The number of halogens is 1. The number of nitrogens with zero attached hydrogens (tertiary/aromatic N) is 1. The van der Waals surface area contributed by atoms with E-state index in [-0.39, 0.29) is 30.3 Å². The molecule has 2 atom stereocenters. The van der Waals surface area contributed by atoms with E-state index in [1.807, 2.05) is 56.0 Å². The first-order valence-electron chi connectivity index (χ1n) is 6.21. The van der Waals surface area contributed by atoms with Gasteiger partial charge in [0, 0.05) is 19.1 Å². The minimum absolute atomic E-state index is 0. The Morgan fingerprint density at radius 1 is 1.22 bits per heavy atom. The van der Waals surface area contributed by atoms with Gasteiger partial charge in [-0.05, 0) is 19.4 Å². The first-order chi connectivity index (χ1) is 8.11. The van der Waals surface area contributed by atoms with E-state index in [2.05, 4.69) is 0 Å². The SMILES string of the molecule is CCN(CC)C(=O)C(C)C(N)c1ccccc1.Cl. The lowest BCUT2D eigenvalue weighted by Gasteiger charge is -2.26. The van der Waals surface area contributed by atoms with Gasteiger partial charge in [-0.15, -0.1) is 12.4 Å². The molecule has 1 rings (SSSR count). The third-order valence-corrected chi connectivity index (χ3v) is 3.19. The Kier molecular flexibility index (Phi) is 7.64. The van der Waals surface area contributed by atoms with Crippen molar-refractivity contribution in [2.75, 3.05) is 13.1 Å². The predicted molar refractivity (Wildman–Crippen MR) is 77.7 cm³/mol. The number of carbonyl (C=O) groups is 1. The number of carbonyl (C=O) groups excluding carboxylic acids is 1. The Morgan fingerprint density at radius 3 is 2.17 bits per heavy atom. The fraction of sp³-hybridized carbons (Fsp3) is 0.500. The highest BCUT2D eigenvalue weighted by atomic mass is 35.5. The van der Waals surface area contributed by atoms with Crippen molar-refractivity contribution >= 4 is 18.3 Å². The molecule has 18 heavy (non-hydrogen) atoms. The molecule has 1 aromatic rings. The Morgan fingerprint density at radius 2 is 1.72 bits per heavy atom. The maximum Gasteiger partial charge on any atom is 0.227 e. The summed E-state index contributed by atoms with van der Waals surface area (Å²) in [5.74, 6) is -0.0522. The molecule has 102 valence electrons. The molecule has 0 saturated heterocycles. The van der Waals surface area contributed by atoms with Gasteiger partial charge in [-0.2, -0.15) is 0 Å². The van der Waals surface area contributed by atoms with Crippen LogP contribution in [0.4, 0.5) is 0 Å². The van der Waals surface area contributed by atoms with Gasteiger partial charge in [-0.1, -0.05) is 37.3 Å². The van der Waals surface area contributed by atoms with E-state index in [0.29, 0.717) is 0 Å².